The minimum atomic E-state index is 0.414. The van der Waals surface area contributed by atoms with Crippen LogP contribution in [0.1, 0.15) is 39.5 Å². The number of benzene rings is 7. The zero-order valence-corrected chi connectivity index (χ0v) is 33.2. The predicted molar refractivity (Wildman–Crippen MR) is 238 cm³/mol. The molecule has 10 rings (SSSR count). The highest BCUT2D eigenvalue weighted by molar-refractivity contribution is 6.12. The van der Waals surface area contributed by atoms with Crippen molar-refractivity contribution in [2.45, 2.75) is 20.8 Å². The normalized spacial score (nSPS) is 11.1. The first-order valence-electron chi connectivity index (χ1n) is 19.6. The lowest BCUT2D eigenvalue weighted by molar-refractivity contribution is 0.926. The second-order valence-corrected chi connectivity index (χ2v) is 15.1. The fourth-order valence-electron chi connectivity index (χ4n) is 8.68. The topological polar surface area (TPSA) is 144 Å². The zero-order valence-electron chi connectivity index (χ0n) is 33.2. The van der Waals surface area contributed by atoms with Crippen LogP contribution in [0.25, 0.3) is 88.6 Å². The van der Waals surface area contributed by atoms with Gasteiger partial charge in [0, 0.05) is 27.1 Å². The van der Waals surface area contributed by atoms with E-state index in [1.165, 1.54) is 0 Å². The third-order valence-electron chi connectivity index (χ3n) is 11.3. The van der Waals surface area contributed by atoms with E-state index in [1.54, 1.807) is 12.1 Å². The molecular formula is C52H31N9. The SMILES string of the molecule is Cc1nc(C)nc(-c2cc(-n3c4ccccc4c4ccc(-c5cc(C#N)cc(C#N)c5)cc43)c(-n3c4ccccc4c4ccc(-c5cc(C#N)cc(C#N)c5)cc43)cc2C)n1. The molecule has 0 radical (unpaired) electrons. The summed E-state index contributed by atoms with van der Waals surface area (Å²) in [7, 11) is 0. The Labute approximate surface area is 350 Å². The first kappa shape index (κ1) is 36.5. The third kappa shape index (κ3) is 6.02. The van der Waals surface area contributed by atoms with Crippen molar-refractivity contribution in [1.82, 2.24) is 24.1 Å². The lowest BCUT2D eigenvalue weighted by Gasteiger charge is -2.20. The van der Waals surface area contributed by atoms with Crippen molar-refractivity contribution in [2.75, 3.05) is 0 Å². The van der Waals surface area contributed by atoms with Gasteiger partial charge in [0.15, 0.2) is 5.82 Å². The largest absolute Gasteiger partial charge is 0.307 e. The number of hydrogen-bond donors (Lipinski definition) is 0. The molecule has 0 N–H and O–H groups in total. The fraction of sp³-hybridized carbons (Fsp3) is 0.0577. The number of aryl methyl sites for hydroxylation is 3. The molecule has 0 spiro atoms. The Morgan fingerprint density at radius 2 is 0.803 bits per heavy atom. The molecule has 0 saturated heterocycles. The minimum absolute atomic E-state index is 0.414. The molecule has 0 aliphatic carbocycles. The van der Waals surface area contributed by atoms with Crippen LogP contribution >= 0.6 is 0 Å². The maximum Gasteiger partial charge on any atom is 0.163 e. The molecule has 0 saturated carbocycles. The maximum atomic E-state index is 9.86. The quantitative estimate of drug-likeness (QED) is 0.169. The van der Waals surface area contributed by atoms with Gasteiger partial charge in [0.05, 0.1) is 80.0 Å². The van der Waals surface area contributed by atoms with Crippen LogP contribution in [-0.2, 0) is 0 Å². The van der Waals surface area contributed by atoms with Crippen LogP contribution in [0.4, 0.5) is 0 Å². The predicted octanol–water partition coefficient (Wildman–Crippen LogP) is 11.5. The molecule has 0 unspecified atom stereocenters. The molecule has 284 valence electrons. The Hall–Kier alpha value is -8.89. The number of nitrogens with zero attached hydrogens (tertiary/aromatic N) is 9. The molecule has 9 nitrogen and oxygen atoms in total. The Morgan fingerprint density at radius 3 is 1.25 bits per heavy atom. The van der Waals surface area contributed by atoms with E-state index in [1.807, 2.05) is 74.5 Å². The molecule has 0 atom stereocenters. The van der Waals surface area contributed by atoms with Gasteiger partial charge in [0.1, 0.15) is 11.6 Å². The van der Waals surface area contributed by atoms with Crippen LogP contribution in [0.15, 0.2) is 133 Å². The first-order chi connectivity index (χ1) is 29.7. The van der Waals surface area contributed by atoms with E-state index >= 15 is 0 Å². The lowest BCUT2D eigenvalue weighted by Crippen LogP contribution is -2.07. The molecule has 3 aromatic heterocycles. The molecule has 7 aromatic carbocycles. The first-order valence-corrected chi connectivity index (χ1v) is 19.6. The summed E-state index contributed by atoms with van der Waals surface area (Å²) in [6.07, 6.45) is 0. The standard InChI is InChI=1S/C52H31N9/c1-30-16-50(60-46-10-6-4-8-41(46)43-14-12-37(23-48(43)60)39-19-33(26-53)17-34(20-39)27-54)51(25-45(30)52-58-31(2)57-32(3)59-52)61-47-11-7-5-9-42(47)44-15-13-38(24-49(44)61)40-21-35(28-55)18-36(22-40)29-56/h4-25H,1-3H3. The Kier molecular flexibility index (Phi) is 8.48. The van der Waals surface area contributed by atoms with Gasteiger partial charge >= 0.3 is 0 Å². The van der Waals surface area contributed by atoms with Crippen molar-refractivity contribution in [1.29, 1.82) is 21.0 Å². The summed E-state index contributed by atoms with van der Waals surface area (Å²) in [6.45, 7) is 5.82. The second-order valence-electron chi connectivity index (χ2n) is 15.1. The van der Waals surface area contributed by atoms with Crippen molar-refractivity contribution < 1.29 is 0 Å². The Morgan fingerprint density at radius 1 is 0.393 bits per heavy atom. The van der Waals surface area contributed by atoms with Crippen LogP contribution in [0.2, 0.25) is 0 Å². The van der Waals surface area contributed by atoms with Crippen LogP contribution in [-0.4, -0.2) is 24.1 Å². The zero-order chi connectivity index (χ0) is 41.9. The van der Waals surface area contributed by atoms with Crippen molar-refractivity contribution in [3.05, 3.63) is 173 Å². The number of hydrogen-bond acceptors (Lipinski definition) is 7. The maximum absolute atomic E-state index is 9.86. The second kappa shape index (κ2) is 14.2. The number of rotatable bonds is 5. The van der Waals surface area contributed by atoms with Crippen LogP contribution in [0, 0.1) is 66.1 Å². The van der Waals surface area contributed by atoms with Crippen molar-refractivity contribution >= 4 is 43.6 Å². The number of fused-ring (bicyclic) bond motifs is 6. The summed E-state index contributed by atoms with van der Waals surface area (Å²) in [6, 6.07) is 53.0. The summed E-state index contributed by atoms with van der Waals surface area (Å²) in [5, 5.41) is 43.6. The Bertz CT molecular complexity index is 3600. The molecule has 9 heteroatoms. The highest BCUT2D eigenvalue weighted by atomic mass is 15.1. The van der Waals surface area contributed by atoms with Crippen molar-refractivity contribution in [2.24, 2.45) is 0 Å². The van der Waals surface area contributed by atoms with E-state index in [0.717, 1.165) is 88.4 Å². The van der Waals surface area contributed by atoms with Gasteiger partial charge in [-0.15, -0.1) is 0 Å². The summed E-state index contributed by atoms with van der Waals surface area (Å²) in [5.41, 5.74) is 12.4. The number of nitriles is 4. The number of para-hydroxylation sites is 2. The molecule has 3 heterocycles. The van der Waals surface area contributed by atoms with Crippen LogP contribution in [0.5, 0.6) is 0 Å². The van der Waals surface area contributed by atoms with Gasteiger partial charge < -0.3 is 9.13 Å². The third-order valence-corrected chi connectivity index (χ3v) is 11.3. The molecule has 0 aliphatic rings. The van der Waals surface area contributed by atoms with E-state index in [9.17, 15) is 21.0 Å². The van der Waals surface area contributed by atoms with E-state index in [0.29, 0.717) is 39.7 Å². The van der Waals surface area contributed by atoms with E-state index in [4.69, 9.17) is 9.97 Å². The molecule has 0 amide bonds. The van der Waals surface area contributed by atoms with Crippen molar-refractivity contribution in [3.63, 3.8) is 0 Å². The Balaban J connectivity index is 1.34. The van der Waals surface area contributed by atoms with E-state index in [2.05, 4.69) is 106 Å². The number of aromatic nitrogens is 5. The van der Waals surface area contributed by atoms with Gasteiger partial charge in [-0.3, -0.25) is 0 Å². The average molecular weight is 782 g/mol. The van der Waals surface area contributed by atoms with Gasteiger partial charge in [0.2, 0.25) is 0 Å². The minimum Gasteiger partial charge on any atom is -0.307 e. The summed E-state index contributed by atoms with van der Waals surface area (Å²) in [5.74, 6) is 1.82. The van der Waals surface area contributed by atoms with Gasteiger partial charge in [-0.2, -0.15) is 21.0 Å². The lowest BCUT2D eigenvalue weighted by atomic mass is 9.99. The molecule has 0 aliphatic heterocycles. The molecule has 0 bridgehead atoms. The molecule has 10 aromatic rings. The fourth-order valence-corrected chi connectivity index (χ4v) is 8.68. The van der Waals surface area contributed by atoms with Gasteiger partial charge in [0.25, 0.3) is 0 Å². The molecule has 0 fully saturated rings. The monoisotopic (exact) mass is 781 g/mol. The van der Waals surface area contributed by atoms with Gasteiger partial charge in [-0.1, -0.05) is 60.7 Å². The van der Waals surface area contributed by atoms with Crippen molar-refractivity contribution in [3.8, 4) is 69.3 Å². The highest BCUT2D eigenvalue weighted by Gasteiger charge is 2.23. The van der Waals surface area contributed by atoms with Gasteiger partial charge in [-0.25, -0.2) is 15.0 Å². The van der Waals surface area contributed by atoms with Crippen LogP contribution in [0.3, 0.4) is 0 Å². The highest BCUT2D eigenvalue weighted by Crippen LogP contribution is 2.42. The smallest absolute Gasteiger partial charge is 0.163 e. The van der Waals surface area contributed by atoms with E-state index in [-0.39, 0.29) is 0 Å². The summed E-state index contributed by atoms with van der Waals surface area (Å²) >= 11 is 0. The summed E-state index contributed by atoms with van der Waals surface area (Å²) < 4.78 is 4.58. The van der Waals surface area contributed by atoms with Gasteiger partial charge in [-0.05, 0) is 121 Å². The van der Waals surface area contributed by atoms with Crippen LogP contribution < -0.4 is 0 Å². The molecule has 61 heavy (non-hydrogen) atoms. The summed E-state index contributed by atoms with van der Waals surface area (Å²) in [4.78, 5) is 14.1. The average Bonchev–Trinajstić information content (AvgIpc) is 3.80. The molecular weight excluding hydrogens is 751 g/mol. The van der Waals surface area contributed by atoms with E-state index < -0.39 is 0 Å².